The van der Waals surface area contributed by atoms with E-state index in [0.29, 0.717) is 10.7 Å². The fourth-order valence-corrected chi connectivity index (χ4v) is 1.59. The summed E-state index contributed by atoms with van der Waals surface area (Å²) in [6.45, 7) is 0. The Morgan fingerprint density at radius 1 is 1.62 bits per heavy atom. The van der Waals surface area contributed by atoms with Crippen LogP contribution in [0.15, 0.2) is 32.7 Å². The number of nitrogens with zero attached hydrogens (tertiary/aromatic N) is 1. The van der Waals surface area contributed by atoms with Gasteiger partial charge < -0.3 is 10.2 Å². The summed E-state index contributed by atoms with van der Waals surface area (Å²) in [6.07, 6.45) is 3.16. The number of furan rings is 1. The molecule has 4 nitrogen and oxygen atoms in total. The third-order valence-corrected chi connectivity index (χ3v) is 2.27. The Balaban J connectivity index is 2.25. The summed E-state index contributed by atoms with van der Waals surface area (Å²) in [5.41, 5.74) is 5.37. The molecule has 0 saturated carbocycles. The molecule has 0 aliphatic carbocycles. The summed E-state index contributed by atoms with van der Waals surface area (Å²) in [5, 5.41) is 0.280. The maximum absolute atomic E-state index is 11.1. The molecule has 5 heteroatoms. The lowest BCUT2D eigenvalue weighted by Gasteiger charge is -1.89. The van der Waals surface area contributed by atoms with Crippen LogP contribution in [-0.4, -0.2) is 11.1 Å². The maximum atomic E-state index is 11.1. The monoisotopic (exact) mass is 194 g/mol. The molecule has 66 valence electrons. The Morgan fingerprint density at radius 3 is 3.00 bits per heavy atom. The van der Waals surface area contributed by atoms with Crippen LogP contribution in [0.3, 0.4) is 0 Å². The summed E-state index contributed by atoms with van der Waals surface area (Å²) < 4.78 is 5.05. The minimum atomic E-state index is -0.307. The van der Waals surface area contributed by atoms with E-state index in [1.165, 1.54) is 0 Å². The smallest absolute Gasteiger partial charge is 0.286 e. The van der Waals surface area contributed by atoms with Crippen LogP contribution in [0.25, 0.3) is 6.08 Å². The van der Waals surface area contributed by atoms with E-state index in [0.717, 1.165) is 11.8 Å². The van der Waals surface area contributed by atoms with Crippen molar-refractivity contribution in [1.29, 1.82) is 0 Å². The van der Waals surface area contributed by atoms with Crippen LogP contribution in [-0.2, 0) is 4.79 Å². The summed E-state index contributed by atoms with van der Waals surface area (Å²) in [6, 6.07) is 3.51. The second kappa shape index (κ2) is 3.10. The van der Waals surface area contributed by atoms with Crippen molar-refractivity contribution in [2.45, 2.75) is 0 Å². The summed E-state index contributed by atoms with van der Waals surface area (Å²) in [5.74, 6) is 0.319. The molecule has 0 spiro atoms. The highest BCUT2D eigenvalue weighted by Gasteiger charge is 2.19. The standard InChI is InChI=1S/C8H6N2O2S/c9-8-10-7(11)6(13-8)4-5-2-1-3-12-5/h1-4H,(H2,9,10,11)/b6-4-. The van der Waals surface area contributed by atoms with Gasteiger partial charge in [0.1, 0.15) is 5.76 Å². The molecule has 1 aromatic rings. The van der Waals surface area contributed by atoms with Crippen LogP contribution in [0.4, 0.5) is 0 Å². The van der Waals surface area contributed by atoms with E-state index >= 15 is 0 Å². The van der Waals surface area contributed by atoms with Gasteiger partial charge in [0.05, 0.1) is 11.2 Å². The minimum absolute atomic E-state index is 0.280. The van der Waals surface area contributed by atoms with Crippen LogP contribution in [0.1, 0.15) is 5.76 Å². The van der Waals surface area contributed by atoms with E-state index < -0.39 is 0 Å². The molecule has 2 heterocycles. The fourth-order valence-electron chi connectivity index (χ4n) is 0.928. The lowest BCUT2D eigenvalue weighted by atomic mass is 10.4. The molecule has 0 fully saturated rings. The first kappa shape index (κ1) is 8.12. The lowest BCUT2D eigenvalue weighted by Crippen LogP contribution is -2.01. The molecule has 1 aliphatic rings. The van der Waals surface area contributed by atoms with Gasteiger partial charge in [-0.3, -0.25) is 4.79 Å². The molecule has 13 heavy (non-hydrogen) atoms. The number of aliphatic imine (C=N–C) groups is 1. The zero-order valence-electron chi connectivity index (χ0n) is 6.56. The van der Waals surface area contributed by atoms with Gasteiger partial charge >= 0.3 is 0 Å². The molecule has 0 bridgehead atoms. The number of amides is 1. The Hall–Kier alpha value is -1.49. The SMILES string of the molecule is NC1=NC(=O)/C(=C/c2ccco2)S1. The summed E-state index contributed by atoms with van der Waals surface area (Å²) in [7, 11) is 0. The number of thioether (sulfide) groups is 1. The largest absolute Gasteiger partial charge is 0.465 e. The van der Waals surface area contributed by atoms with E-state index in [1.54, 1.807) is 24.5 Å². The molecule has 0 atom stereocenters. The highest BCUT2D eigenvalue weighted by atomic mass is 32.2. The topological polar surface area (TPSA) is 68.6 Å². The molecule has 1 aromatic heterocycles. The molecular formula is C8H6N2O2S. The Labute approximate surface area is 78.5 Å². The van der Waals surface area contributed by atoms with Crippen molar-refractivity contribution in [3.8, 4) is 0 Å². The molecular weight excluding hydrogens is 188 g/mol. The quantitative estimate of drug-likeness (QED) is 0.682. The molecule has 2 rings (SSSR count). The van der Waals surface area contributed by atoms with Gasteiger partial charge in [-0.1, -0.05) is 0 Å². The number of nitrogens with two attached hydrogens (primary N) is 1. The normalized spacial score (nSPS) is 19.5. The lowest BCUT2D eigenvalue weighted by molar-refractivity contribution is -0.113. The van der Waals surface area contributed by atoms with Gasteiger partial charge in [0.2, 0.25) is 0 Å². The summed E-state index contributed by atoms with van der Waals surface area (Å²) >= 11 is 1.15. The Kier molecular flexibility index (Phi) is 1.94. The molecule has 2 N–H and O–H groups in total. The van der Waals surface area contributed by atoms with Crippen molar-refractivity contribution < 1.29 is 9.21 Å². The van der Waals surface area contributed by atoms with Crippen LogP contribution < -0.4 is 5.73 Å². The number of rotatable bonds is 1. The third kappa shape index (κ3) is 1.65. The molecule has 1 aliphatic heterocycles. The van der Waals surface area contributed by atoms with Gasteiger partial charge in [-0.05, 0) is 23.9 Å². The van der Waals surface area contributed by atoms with Crippen molar-refractivity contribution in [3.05, 3.63) is 29.1 Å². The number of hydrogen-bond acceptors (Lipinski definition) is 4. The van der Waals surface area contributed by atoms with Crippen molar-refractivity contribution >= 4 is 28.9 Å². The first-order valence-corrected chi connectivity index (χ1v) is 4.39. The minimum Gasteiger partial charge on any atom is -0.465 e. The van der Waals surface area contributed by atoms with Crippen molar-refractivity contribution in [3.63, 3.8) is 0 Å². The van der Waals surface area contributed by atoms with Crippen molar-refractivity contribution in [2.24, 2.45) is 10.7 Å². The molecule has 0 saturated heterocycles. The second-order valence-corrected chi connectivity index (χ2v) is 3.44. The summed E-state index contributed by atoms with van der Waals surface area (Å²) in [4.78, 5) is 15.2. The first-order chi connectivity index (χ1) is 6.25. The van der Waals surface area contributed by atoms with Gasteiger partial charge in [-0.25, -0.2) is 0 Å². The Bertz CT molecular complexity index is 392. The number of carbonyl (C=O) groups excluding carboxylic acids is 1. The van der Waals surface area contributed by atoms with Crippen LogP contribution >= 0.6 is 11.8 Å². The van der Waals surface area contributed by atoms with E-state index in [-0.39, 0.29) is 11.1 Å². The van der Waals surface area contributed by atoms with Crippen LogP contribution in [0, 0.1) is 0 Å². The van der Waals surface area contributed by atoms with Gasteiger partial charge in [0.15, 0.2) is 5.17 Å². The highest BCUT2D eigenvalue weighted by Crippen LogP contribution is 2.26. The number of amidine groups is 1. The highest BCUT2D eigenvalue weighted by molar-refractivity contribution is 8.18. The number of carbonyl (C=O) groups is 1. The Morgan fingerprint density at radius 2 is 2.46 bits per heavy atom. The maximum Gasteiger partial charge on any atom is 0.286 e. The zero-order chi connectivity index (χ0) is 9.26. The van der Waals surface area contributed by atoms with Crippen molar-refractivity contribution in [2.75, 3.05) is 0 Å². The zero-order valence-corrected chi connectivity index (χ0v) is 7.38. The second-order valence-electron chi connectivity index (χ2n) is 2.38. The molecule has 0 unspecified atom stereocenters. The predicted octanol–water partition coefficient (Wildman–Crippen LogP) is 1.21. The van der Waals surface area contributed by atoms with E-state index in [9.17, 15) is 4.79 Å². The predicted molar refractivity (Wildman–Crippen MR) is 50.9 cm³/mol. The van der Waals surface area contributed by atoms with Gasteiger partial charge in [-0.2, -0.15) is 4.99 Å². The third-order valence-electron chi connectivity index (χ3n) is 1.45. The van der Waals surface area contributed by atoms with Crippen LogP contribution in [0.2, 0.25) is 0 Å². The van der Waals surface area contributed by atoms with E-state index in [1.807, 2.05) is 0 Å². The average molecular weight is 194 g/mol. The van der Waals surface area contributed by atoms with Crippen molar-refractivity contribution in [1.82, 2.24) is 0 Å². The van der Waals surface area contributed by atoms with Crippen LogP contribution in [0.5, 0.6) is 0 Å². The molecule has 1 amide bonds. The van der Waals surface area contributed by atoms with E-state index in [2.05, 4.69) is 4.99 Å². The fraction of sp³-hybridized carbons (Fsp3) is 0. The molecule has 0 aromatic carbocycles. The van der Waals surface area contributed by atoms with Gasteiger partial charge in [0, 0.05) is 6.08 Å². The molecule has 0 radical (unpaired) electrons. The number of hydrogen-bond donors (Lipinski definition) is 1. The van der Waals surface area contributed by atoms with Gasteiger partial charge in [0.25, 0.3) is 5.91 Å². The first-order valence-electron chi connectivity index (χ1n) is 3.57. The van der Waals surface area contributed by atoms with Gasteiger partial charge in [-0.15, -0.1) is 0 Å². The van der Waals surface area contributed by atoms with E-state index in [4.69, 9.17) is 10.2 Å². The average Bonchev–Trinajstić information content (AvgIpc) is 2.63.